The van der Waals surface area contributed by atoms with Crippen molar-refractivity contribution < 1.29 is 9.90 Å². The zero-order valence-electron chi connectivity index (χ0n) is 13.8. The number of rotatable bonds is 5. The Labute approximate surface area is 142 Å². The van der Waals surface area contributed by atoms with Crippen LogP contribution < -0.4 is 5.32 Å². The predicted molar refractivity (Wildman–Crippen MR) is 91.8 cm³/mol. The number of carbonyl (C=O) groups is 1. The molecule has 1 aliphatic heterocycles. The van der Waals surface area contributed by atoms with Crippen LogP contribution in [0.15, 0.2) is 43.0 Å². The number of aliphatic hydroxyl groups excluding tert-OH is 1. The number of benzene rings is 1. The molecule has 0 spiro atoms. The fraction of sp³-hybridized carbons (Fsp3) is 0.444. The van der Waals surface area contributed by atoms with Gasteiger partial charge < -0.3 is 19.9 Å². The lowest BCUT2D eigenvalue weighted by Crippen LogP contribution is -2.48. The molecule has 6 nitrogen and oxygen atoms in total. The number of amides is 2. The number of urea groups is 1. The minimum absolute atomic E-state index is 0.0353. The standard InChI is InChI=1S/C18H24N4O2/c23-12-8-17-3-1-2-10-22(17)18(24)20-13-15-4-6-16(7-5-15)21-11-9-19-14-21/h4-7,9,11,14,17,23H,1-3,8,10,12-13H2,(H,20,24). The molecule has 1 aromatic carbocycles. The Bertz CT molecular complexity index is 638. The van der Waals surface area contributed by atoms with Crippen molar-refractivity contribution in [2.24, 2.45) is 0 Å². The Balaban J connectivity index is 1.55. The summed E-state index contributed by atoms with van der Waals surface area (Å²) in [7, 11) is 0. The lowest BCUT2D eigenvalue weighted by atomic mass is 10.0. The highest BCUT2D eigenvalue weighted by Gasteiger charge is 2.25. The van der Waals surface area contributed by atoms with Crippen LogP contribution >= 0.6 is 0 Å². The summed E-state index contributed by atoms with van der Waals surface area (Å²) in [6, 6.07) is 8.17. The Kier molecular flexibility index (Phi) is 5.48. The molecule has 24 heavy (non-hydrogen) atoms. The van der Waals surface area contributed by atoms with Crippen molar-refractivity contribution in [2.45, 2.75) is 38.3 Å². The number of hydrogen-bond donors (Lipinski definition) is 2. The molecule has 2 N–H and O–H groups in total. The first kappa shape index (κ1) is 16.5. The van der Waals surface area contributed by atoms with Crippen LogP contribution in [0.1, 0.15) is 31.2 Å². The molecule has 1 unspecified atom stereocenters. The van der Waals surface area contributed by atoms with Crippen molar-refractivity contribution in [1.29, 1.82) is 0 Å². The molecule has 2 amide bonds. The monoisotopic (exact) mass is 328 g/mol. The summed E-state index contributed by atoms with van der Waals surface area (Å²) in [5.41, 5.74) is 2.10. The number of aliphatic hydroxyl groups is 1. The van der Waals surface area contributed by atoms with Gasteiger partial charge in [0.05, 0.1) is 6.33 Å². The number of hydrogen-bond acceptors (Lipinski definition) is 3. The lowest BCUT2D eigenvalue weighted by molar-refractivity contribution is 0.131. The molecule has 1 saturated heterocycles. The second-order valence-corrected chi connectivity index (χ2v) is 6.15. The highest BCUT2D eigenvalue weighted by Crippen LogP contribution is 2.19. The molecular weight excluding hydrogens is 304 g/mol. The van der Waals surface area contributed by atoms with Crippen LogP contribution in [0.5, 0.6) is 0 Å². The Morgan fingerprint density at radius 2 is 2.12 bits per heavy atom. The third-order valence-electron chi connectivity index (χ3n) is 4.53. The van der Waals surface area contributed by atoms with E-state index < -0.39 is 0 Å². The van der Waals surface area contributed by atoms with Crippen molar-refractivity contribution in [2.75, 3.05) is 13.2 Å². The number of imidazole rings is 1. The molecule has 0 bridgehead atoms. The number of nitrogens with one attached hydrogen (secondary N) is 1. The molecule has 1 atom stereocenters. The second kappa shape index (κ2) is 7.97. The van der Waals surface area contributed by atoms with Crippen molar-refractivity contribution in [3.05, 3.63) is 48.5 Å². The molecule has 128 valence electrons. The van der Waals surface area contributed by atoms with Crippen molar-refractivity contribution in [3.8, 4) is 5.69 Å². The maximum atomic E-state index is 12.4. The summed E-state index contributed by atoms with van der Waals surface area (Å²) in [4.78, 5) is 18.3. The molecule has 1 aromatic heterocycles. The number of carbonyl (C=O) groups excluding carboxylic acids is 1. The number of piperidine rings is 1. The molecule has 1 fully saturated rings. The van der Waals surface area contributed by atoms with E-state index >= 15 is 0 Å². The van der Waals surface area contributed by atoms with E-state index in [0.29, 0.717) is 13.0 Å². The maximum absolute atomic E-state index is 12.4. The van der Waals surface area contributed by atoms with Gasteiger partial charge in [0, 0.05) is 43.8 Å². The number of likely N-dealkylation sites (tertiary alicyclic amines) is 1. The third-order valence-corrected chi connectivity index (χ3v) is 4.53. The van der Waals surface area contributed by atoms with E-state index in [1.54, 1.807) is 12.5 Å². The van der Waals surface area contributed by atoms with Gasteiger partial charge in [0.1, 0.15) is 0 Å². The van der Waals surface area contributed by atoms with Crippen LogP contribution in [0, 0.1) is 0 Å². The van der Waals surface area contributed by atoms with Gasteiger partial charge in [-0.2, -0.15) is 0 Å². The second-order valence-electron chi connectivity index (χ2n) is 6.15. The van der Waals surface area contributed by atoms with Gasteiger partial charge in [0.15, 0.2) is 0 Å². The van der Waals surface area contributed by atoms with Gasteiger partial charge in [0.2, 0.25) is 0 Å². The van der Waals surface area contributed by atoms with Gasteiger partial charge in [0.25, 0.3) is 0 Å². The Morgan fingerprint density at radius 1 is 1.29 bits per heavy atom. The molecule has 6 heteroatoms. The van der Waals surface area contributed by atoms with Gasteiger partial charge in [-0.25, -0.2) is 9.78 Å². The van der Waals surface area contributed by atoms with Crippen LogP contribution in [0.25, 0.3) is 5.69 Å². The molecule has 0 radical (unpaired) electrons. The van der Waals surface area contributed by atoms with Crippen molar-refractivity contribution >= 4 is 6.03 Å². The topological polar surface area (TPSA) is 70.4 Å². The zero-order valence-corrected chi connectivity index (χ0v) is 13.8. The van der Waals surface area contributed by atoms with Gasteiger partial charge in [-0.1, -0.05) is 12.1 Å². The fourth-order valence-electron chi connectivity index (χ4n) is 3.19. The fourth-order valence-corrected chi connectivity index (χ4v) is 3.19. The largest absolute Gasteiger partial charge is 0.396 e. The first-order valence-corrected chi connectivity index (χ1v) is 8.50. The number of nitrogens with zero attached hydrogens (tertiary/aromatic N) is 3. The van der Waals surface area contributed by atoms with Crippen LogP contribution in [0.3, 0.4) is 0 Å². The smallest absolute Gasteiger partial charge is 0.317 e. The van der Waals surface area contributed by atoms with E-state index in [2.05, 4.69) is 10.3 Å². The van der Waals surface area contributed by atoms with E-state index in [4.69, 9.17) is 5.11 Å². The SMILES string of the molecule is O=C(NCc1ccc(-n2ccnc2)cc1)N1CCCCC1CCO. The molecule has 3 rings (SSSR count). The first-order valence-electron chi connectivity index (χ1n) is 8.50. The minimum atomic E-state index is -0.0353. The highest BCUT2D eigenvalue weighted by atomic mass is 16.3. The Morgan fingerprint density at radius 3 is 2.83 bits per heavy atom. The molecule has 1 aliphatic rings. The summed E-state index contributed by atoms with van der Waals surface area (Å²) in [5.74, 6) is 0. The van der Waals surface area contributed by atoms with E-state index in [9.17, 15) is 4.79 Å². The summed E-state index contributed by atoms with van der Waals surface area (Å²) < 4.78 is 1.94. The average Bonchev–Trinajstić information content (AvgIpc) is 3.15. The quantitative estimate of drug-likeness (QED) is 0.885. The van der Waals surface area contributed by atoms with E-state index in [1.807, 2.05) is 39.9 Å². The summed E-state index contributed by atoms with van der Waals surface area (Å²) in [5, 5.41) is 12.2. The minimum Gasteiger partial charge on any atom is -0.396 e. The molecule has 0 aliphatic carbocycles. The lowest BCUT2D eigenvalue weighted by Gasteiger charge is -2.35. The predicted octanol–water partition coefficient (Wildman–Crippen LogP) is 2.32. The zero-order chi connectivity index (χ0) is 16.8. The number of aromatic nitrogens is 2. The molecule has 2 aromatic rings. The first-order chi connectivity index (χ1) is 11.8. The van der Waals surface area contributed by atoms with Gasteiger partial charge in [-0.05, 0) is 43.4 Å². The van der Waals surface area contributed by atoms with Gasteiger partial charge in [-0.15, -0.1) is 0 Å². The van der Waals surface area contributed by atoms with E-state index in [-0.39, 0.29) is 18.7 Å². The third kappa shape index (κ3) is 3.94. The van der Waals surface area contributed by atoms with Gasteiger partial charge >= 0.3 is 6.03 Å². The van der Waals surface area contributed by atoms with Crippen molar-refractivity contribution in [1.82, 2.24) is 19.8 Å². The van der Waals surface area contributed by atoms with Crippen LogP contribution in [0.2, 0.25) is 0 Å². The van der Waals surface area contributed by atoms with E-state index in [0.717, 1.165) is 37.1 Å². The maximum Gasteiger partial charge on any atom is 0.317 e. The normalized spacial score (nSPS) is 17.7. The average molecular weight is 328 g/mol. The van der Waals surface area contributed by atoms with Crippen molar-refractivity contribution in [3.63, 3.8) is 0 Å². The summed E-state index contributed by atoms with van der Waals surface area (Å²) in [6.45, 7) is 1.41. The summed E-state index contributed by atoms with van der Waals surface area (Å²) in [6.07, 6.45) is 9.21. The summed E-state index contributed by atoms with van der Waals surface area (Å²) >= 11 is 0. The van der Waals surface area contributed by atoms with Crippen LogP contribution in [-0.4, -0.2) is 44.8 Å². The highest BCUT2D eigenvalue weighted by molar-refractivity contribution is 5.74. The molecule has 2 heterocycles. The van der Waals surface area contributed by atoms with E-state index in [1.165, 1.54) is 0 Å². The van der Waals surface area contributed by atoms with Crippen LogP contribution in [0.4, 0.5) is 4.79 Å². The molecule has 0 saturated carbocycles. The Hall–Kier alpha value is -2.34. The van der Waals surface area contributed by atoms with Gasteiger partial charge in [-0.3, -0.25) is 0 Å². The molecular formula is C18H24N4O2. The van der Waals surface area contributed by atoms with Crippen LogP contribution in [-0.2, 0) is 6.54 Å².